The Bertz CT molecular complexity index is 748. The molecular weight excluding hydrogens is 404 g/mol. The lowest BCUT2D eigenvalue weighted by Crippen LogP contribution is -2.39. The summed E-state index contributed by atoms with van der Waals surface area (Å²) >= 11 is 12.3. The fourth-order valence-electron chi connectivity index (χ4n) is 2.94. The standard InChI is InChI=1S/C18H19Cl2F3N2O2/c1-16(9-17(16,19)20)15(27)25(13-6-7-13)8-11-2-4-12(5-3-11)14(26)24-10-18(21,22)23/h2-5,13H,6-10H2,1H3,(H,24,26)/t16-/m0/s1. The van der Waals surface area contributed by atoms with Crippen LogP contribution in [0.15, 0.2) is 24.3 Å². The van der Waals surface area contributed by atoms with E-state index < -0.39 is 28.4 Å². The second-order valence-corrected chi connectivity index (χ2v) is 8.86. The molecule has 148 valence electrons. The maximum Gasteiger partial charge on any atom is 0.405 e. The summed E-state index contributed by atoms with van der Waals surface area (Å²) in [6.45, 7) is 0.709. The van der Waals surface area contributed by atoms with Gasteiger partial charge in [0.05, 0.1) is 5.41 Å². The molecule has 0 heterocycles. The second-order valence-electron chi connectivity index (χ2n) is 7.37. The highest BCUT2D eigenvalue weighted by atomic mass is 35.5. The summed E-state index contributed by atoms with van der Waals surface area (Å²) in [4.78, 5) is 26.4. The third-order valence-corrected chi connectivity index (χ3v) is 6.10. The number of amides is 2. The van der Waals surface area contributed by atoms with Gasteiger partial charge >= 0.3 is 6.18 Å². The third kappa shape index (κ3) is 4.51. The molecule has 2 aliphatic rings. The van der Waals surface area contributed by atoms with Gasteiger partial charge in [-0.05, 0) is 43.9 Å². The highest BCUT2D eigenvalue weighted by Gasteiger charge is 2.69. The smallest absolute Gasteiger partial charge is 0.343 e. The van der Waals surface area contributed by atoms with Crippen LogP contribution >= 0.6 is 23.2 Å². The minimum Gasteiger partial charge on any atom is -0.343 e. The largest absolute Gasteiger partial charge is 0.405 e. The molecule has 4 nitrogen and oxygen atoms in total. The van der Waals surface area contributed by atoms with Crippen molar-refractivity contribution in [1.82, 2.24) is 10.2 Å². The van der Waals surface area contributed by atoms with Gasteiger partial charge in [0.2, 0.25) is 5.91 Å². The van der Waals surface area contributed by atoms with Crippen molar-refractivity contribution in [3.63, 3.8) is 0 Å². The molecule has 1 N–H and O–H groups in total. The zero-order chi connectivity index (χ0) is 20.0. The van der Waals surface area contributed by atoms with Gasteiger partial charge in [0, 0.05) is 18.2 Å². The number of halogens is 5. The van der Waals surface area contributed by atoms with E-state index in [1.54, 1.807) is 24.0 Å². The summed E-state index contributed by atoms with van der Waals surface area (Å²) in [5.41, 5.74) is 0.111. The normalized spacial score (nSPS) is 23.6. The monoisotopic (exact) mass is 422 g/mol. The van der Waals surface area contributed by atoms with Crippen LogP contribution in [0.2, 0.25) is 0 Å². The molecule has 27 heavy (non-hydrogen) atoms. The summed E-state index contributed by atoms with van der Waals surface area (Å²) in [5.74, 6) is -0.893. The number of hydrogen-bond acceptors (Lipinski definition) is 2. The van der Waals surface area contributed by atoms with E-state index in [0.717, 1.165) is 18.4 Å². The number of benzene rings is 1. The topological polar surface area (TPSA) is 49.4 Å². The third-order valence-electron chi connectivity index (χ3n) is 5.00. The Kier molecular flexibility index (Phi) is 5.14. The van der Waals surface area contributed by atoms with Gasteiger partial charge in [-0.25, -0.2) is 0 Å². The van der Waals surface area contributed by atoms with E-state index in [-0.39, 0.29) is 17.5 Å². The van der Waals surface area contributed by atoms with E-state index in [9.17, 15) is 22.8 Å². The Morgan fingerprint density at radius 1 is 1.22 bits per heavy atom. The number of rotatable bonds is 6. The van der Waals surface area contributed by atoms with Gasteiger partial charge < -0.3 is 10.2 Å². The van der Waals surface area contributed by atoms with Crippen LogP contribution in [-0.4, -0.2) is 39.8 Å². The average Bonchev–Trinajstić information content (AvgIpc) is 3.48. The van der Waals surface area contributed by atoms with Gasteiger partial charge in [0.1, 0.15) is 10.9 Å². The molecule has 0 spiro atoms. The minimum atomic E-state index is -4.46. The molecule has 3 rings (SSSR count). The summed E-state index contributed by atoms with van der Waals surface area (Å²) in [6.07, 6.45) is -2.22. The van der Waals surface area contributed by atoms with E-state index in [2.05, 4.69) is 0 Å². The van der Waals surface area contributed by atoms with E-state index in [1.165, 1.54) is 12.1 Å². The Hall–Kier alpha value is -1.47. The second kappa shape index (κ2) is 6.85. The molecule has 1 atom stereocenters. The fourth-order valence-corrected chi connectivity index (χ4v) is 3.64. The molecule has 2 amide bonds. The highest BCUT2D eigenvalue weighted by Crippen LogP contribution is 2.65. The molecule has 2 fully saturated rings. The van der Waals surface area contributed by atoms with Gasteiger partial charge in [-0.2, -0.15) is 13.2 Å². The average molecular weight is 423 g/mol. The van der Waals surface area contributed by atoms with Gasteiger partial charge in [-0.3, -0.25) is 9.59 Å². The lowest BCUT2D eigenvalue weighted by Gasteiger charge is -2.27. The highest BCUT2D eigenvalue weighted by molar-refractivity contribution is 6.53. The van der Waals surface area contributed by atoms with Crippen LogP contribution in [0.1, 0.15) is 42.1 Å². The van der Waals surface area contributed by atoms with E-state index in [4.69, 9.17) is 23.2 Å². The van der Waals surface area contributed by atoms with Gasteiger partial charge in [0.25, 0.3) is 5.91 Å². The molecule has 1 aromatic rings. The van der Waals surface area contributed by atoms with Crippen LogP contribution in [-0.2, 0) is 11.3 Å². The van der Waals surface area contributed by atoms with Crippen LogP contribution < -0.4 is 5.32 Å². The summed E-state index contributed by atoms with van der Waals surface area (Å²) < 4.78 is 35.5. The Morgan fingerprint density at radius 3 is 2.22 bits per heavy atom. The van der Waals surface area contributed by atoms with Crippen LogP contribution in [0.5, 0.6) is 0 Å². The number of carbonyl (C=O) groups is 2. The molecule has 2 saturated carbocycles. The zero-order valence-electron chi connectivity index (χ0n) is 14.6. The fraction of sp³-hybridized carbons (Fsp3) is 0.556. The molecule has 9 heteroatoms. The number of alkyl halides is 5. The first-order valence-corrected chi connectivity index (χ1v) is 9.31. The SMILES string of the molecule is C[C@@]1(C(=O)N(Cc2ccc(C(=O)NCC(F)(F)F)cc2)C2CC2)CC1(Cl)Cl. The first-order valence-electron chi connectivity index (χ1n) is 8.56. The predicted molar refractivity (Wildman–Crippen MR) is 95.6 cm³/mol. The number of nitrogens with zero attached hydrogens (tertiary/aromatic N) is 1. The van der Waals surface area contributed by atoms with E-state index >= 15 is 0 Å². The number of carbonyl (C=O) groups excluding carboxylic acids is 2. The van der Waals surface area contributed by atoms with Crippen molar-refractivity contribution in [1.29, 1.82) is 0 Å². The quantitative estimate of drug-likeness (QED) is 0.702. The van der Waals surface area contributed by atoms with Crippen molar-refractivity contribution in [2.45, 2.75) is 49.3 Å². The minimum absolute atomic E-state index is 0.0954. The summed E-state index contributed by atoms with van der Waals surface area (Å²) in [6, 6.07) is 6.31. The Labute approximate surface area is 165 Å². The van der Waals surface area contributed by atoms with Crippen molar-refractivity contribution in [2.24, 2.45) is 5.41 Å². The molecule has 0 unspecified atom stereocenters. The molecule has 0 radical (unpaired) electrons. The Morgan fingerprint density at radius 2 is 1.78 bits per heavy atom. The molecule has 0 saturated heterocycles. The molecular formula is C18H19Cl2F3N2O2. The Balaban J connectivity index is 1.64. The van der Waals surface area contributed by atoms with Crippen LogP contribution in [0.4, 0.5) is 13.2 Å². The number of hydrogen-bond donors (Lipinski definition) is 1. The van der Waals surface area contributed by atoms with Gasteiger partial charge in [-0.15, -0.1) is 23.2 Å². The lowest BCUT2D eigenvalue weighted by molar-refractivity contribution is -0.137. The predicted octanol–water partition coefficient (Wildman–Crippen LogP) is 4.05. The van der Waals surface area contributed by atoms with E-state index in [1.807, 2.05) is 5.32 Å². The number of nitrogens with one attached hydrogen (secondary N) is 1. The van der Waals surface area contributed by atoms with E-state index in [0.29, 0.717) is 13.0 Å². The molecule has 2 aliphatic carbocycles. The van der Waals surface area contributed by atoms with Crippen LogP contribution in [0.3, 0.4) is 0 Å². The summed E-state index contributed by atoms with van der Waals surface area (Å²) in [5, 5.41) is 1.82. The molecule has 0 aromatic heterocycles. The zero-order valence-corrected chi connectivity index (χ0v) is 16.1. The molecule has 1 aromatic carbocycles. The van der Waals surface area contributed by atoms with Crippen molar-refractivity contribution in [3.05, 3.63) is 35.4 Å². The van der Waals surface area contributed by atoms with Crippen molar-refractivity contribution in [2.75, 3.05) is 6.54 Å². The lowest BCUT2D eigenvalue weighted by atomic mass is 10.1. The maximum absolute atomic E-state index is 12.9. The van der Waals surface area contributed by atoms with Crippen molar-refractivity contribution in [3.8, 4) is 0 Å². The molecule has 0 aliphatic heterocycles. The van der Waals surface area contributed by atoms with Crippen molar-refractivity contribution < 1.29 is 22.8 Å². The van der Waals surface area contributed by atoms with Gasteiger partial charge in [-0.1, -0.05) is 12.1 Å². The molecule has 0 bridgehead atoms. The van der Waals surface area contributed by atoms with Crippen LogP contribution in [0.25, 0.3) is 0 Å². The first-order chi connectivity index (χ1) is 12.4. The summed E-state index contributed by atoms with van der Waals surface area (Å²) in [7, 11) is 0. The van der Waals surface area contributed by atoms with Crippen molar-refractivity contribution >= 4 is 35.0 Å². The van der Waals surface area contributed by atoms with Gasteiger partial charge in [0.15, 0.2) is 0 Å². The van der Waals surface area contributed by atoms with Crippen LogP contribution in [0, 0.1) is 5.41 Å². The maximum atomic E-state index is 12.9. The first kappa shape index (κ1) is 20.3.